The molecule has 0 aliphatic rings. The number of hydrogen-bond acceptors (Lipinski definition) is 3. The predicted octanol–water partition coefficient (Wildman–Crippen LogP) is 1.29. The van der Waals surface area contributed by atoms with Gasteiger partial charge >= 0.3 is 0 Å². The molecule has 2 N–H and O–H groups in total. The molecule has 0 heterocycles. The van der Waals surface area contributed by atoms with E-state index in [0.29, 0.717) is 11.5 Å². The van der Waals surface area contributed by atoms with E-state index >= 15 is 0 Å². The van der Waals surface area contributed by atoms with Gasteiger partial charge in [-0.2, -0.15) is 0 Å². The van der Waals surface area contributed by atoms with Gasteiger partial charge in [0, 0.05) is 28.2 Å². The number of ether oxygens (including phenoxy) is 1. The predicted molar refractivity (Wildman–Crippen MR) is 63.4 cm³/mol. The molecule has 2 unspecified atom stereocenters. The molecule has 0 fully saturated rings. The molecular formula is C11H17NO2S. The summed E-state index contributed by atoms with van der Waals surface area (Å²) in [6, 6.07) is 7.59. The van der Waals surface area contributed by atoms with Crippen LogP contribution in [0.25, 0.3) is 0 Å². The van der Waals surface area contributed by atoms with Crippen LogP contribution in [0.15, 0.2) is 24.3 Å². The molecule has 0 spiro atoms. The van der Waals surface area contributed by atoms with Gasteiger partial charge in [-0.05, 0) is 13.0 Å². The first-order chi connectivity index (χ1) is 7.13. The van der Waals surface area contributed by atoms with Crippen molar-refractivity contribution in [1.82, 2.24) is 0 Å². The number of nitrogens with two attached hydrogens (primary N) is 1. The van der Waals surface area contributed by atoms with Gasteiger partial charge in [0.25, 0.3) is 0 Å². The van der Waals surface area contributed by atoms with Gasteiger partial charge in [0.1, 0.15) is 5.75 Å². The average Bonchev–Trinajstić information content (AvgIpc) is 2.17. The Kier molecular flexibility index (Phi) is 4.78. The Labute approximate surface area is 93.1 Å². The average molecular weight is 227 g/mol. The van der Waals surface area contributed by atoms with E-state index in [1.165, 1.54) is 0 Å². The molecule has 15 heavy (non-hydrogen) atoms. The third-order valence-electron chi connectivity index (χ3n) is 1.96. The SMILES string of the molecule is COc1ccccc1CS(=O)CC(C)N. The van der Waals surface area contributed by atoms with E-state index in [2.05, 4.69) is 0 Å². The van der Waals surface area contributed by atoms with Crippen LogP contribution in [0.4, 0.5) is 0 Å². The van der Waals surface area contributed by atoms with E-state index in [0.717, 1.165) is 11.3 Å². The molecule has 3 nitrogen and oxygen atoms in total. The van der Waals surface area contributed by atoms with E-state index in [4.69, 9.17) is 10.5 Å². The van der Waals surface area contributed by atoms with Crippen molar-refractivity contribution in [3.05, 3.63) is 29.8 Å². The lowest BCUT2D eigenvalue weighted by Gasteiger charge is -2.09. The zero-order valence-electron chi connectivity index (χ0n) is 9.10. The molecule has 1 aromatic rings. The van der Waals surface area contributed by atoms with E-state index in [1.54, 1.807) is 7.11 Å². The molecule has 0 aromatic heterocycles. The summed E-state index contributed by atoms with van der Waals surface area (Å²) in [7, 11) is 0.700. The van der Waals surface area contributed by atoms with Crippen molar-refractivity contribution in [2.75, 3.05) is 12.9 Å². The highest BCUT2D eigenvalue weighted by molar-refractivity contribution is 7.84. The van der Waals surface area contributed by atoms with Crippen molar-refractivity contribution in [3.63, 3.8) is 0 Å². The Morgan fingerprint density at radius 2 is 2.13 bits per heavy atom. The molecule has 1 rings (SSSR count). The Morgan fingerprint density at radius 3 is 2.73 bits per heavy atom. The summed E-state index contributed by atoms with van der Waals surface area (Å²) in [6.07, 6.45) is 0. The van der Waals surface area contributed by atoms with Crippen LogP contribution >= 0.6 is 0 Å². The molecule has 0 saturated carbocycles. The lowest BCUT2D eigenvalue weighted by Crippen LogP contribution is -2.23. The standard InChI is InChI=1S/C11H17NO2S/c1-9(12)7-15(13)8-10-5-3-4-6-11(10)14-2/h3-6,9H,7-8,12H2,1-2H3. The summed E-state index contributed by atoms with van der Waals surface area (Å²) in [5.41, 5.74) is 6.56. The van der Waals surface area contributed by atoms with Crippen molar-refractivity contribution >= 4 is 10.8 Å². The summed E-state index contributed by atoms with van der Waals surface area (Å²) in [4.78, 5) is 0. The van der Waals surface area contributed by atoms with Gasteiger partial charge in [-0.15, -0.1) is 0 Å². The van der Waals surface area contributed by atoms with Crippen LogP contribution in [0.1, 0.15) is 12.5 Å². The minimum absolute atomic E-state index is 0.0273. The molecule has 4 heteroatoms. The van der Waals surface area contributed by atoms with Crippen molar-refractivity contribution in [2.45, 2.75) is 18.7 Å². The fraction of sp³-hybridized carbons (Fsp3) is 0.455. The Hall–Kier alpha value is -0.870. The number of benzene rings is 1. The highest BCUT2D eigenvalue weighted by Gasteiger charge is 2.08. The highest BCUT2D eigenvalue weighted by Crippen LogP contribution is 2.18. The summed E-state index contributed by atoms with van der Waals surface area (Å²) >= 11 is 0. The first-order valence-corrected chi connectivity index (χ1v) is 6.34. The summed E-state index contributed by atoms with van der Waals surface area (Å²) < 4.78 is 16.9. The summed E-state index contributed by atoms with van der Waals surface area (Å²) in [5, 5.41) is 0. The van der Waals surface area contributed by atoms with Gasteiger partial charge in [-0.25, -0.2) is 0 Å². The van der Waals surface area contributed by atoms with Gasteiger partial charge in [-0.1, -0.05) is 18.2 Å². The molecule has 0 bridgehead atoms. The smallest absolute Gasteiger partial charge is 0.122 e. The van der Waals surface area contributed by atoms with Crippen LogP contribution in [0, 0.1) is 0 Å². The van der Waals surface area contributed by atoms with E-state index in [1.807, 2.05) is 31.2 Å². The topological polar surface area (TPSA) is 52.3 Å². The maximum absolute atomic E-state index is 11.7. The Balaban J connectivity index is 2.67. The Bertz CT molecular complexity index is 339. The number of rotatable bonds is 5. The first kappa shape index (κ1) is 12.2. The first-order valence-electron chi connectivity index (χ1n) is 4.86. The monoisotopic (exact) mass is 227 g/mol. The quantitative estimate of drug-likeness (QED) is 0.824. The zero-order chi connectivity index (χ0) is 11.3. The number of methoxy groups -OCH3 is 1. The third-order valence-corrected chi connectivity index (χ3v) is 3.49. The molecule has 1 aromatic carbocycles. The molecular weight excluding hydrogens is 210 g/mol. The van der Waals surface area contributed by atoms with Crippen LogP contribution in [0.5, 0.6) is 5.75 Å². The Morgan fingerprint density at radius 1 is 1.47 bits per heavy atom. The maximum atomic E-state index is 11.7. The molecule has 0 amide bonds. The van der Waals surface area contributed by atoms with E-state index < -0.39 is 10.8 Å². The van der Waals surface area contributed by atoms with Crippen LogP contribution in [0.2, 0.25) is 0 Å². The number of hydrogen-bond donors (Lipinski definition) is 1. The van der Waals surface area contributed by atoms with Crippen LogP contribution in [-0.2, 0) is 16.6 Å². The fourth-order valence-electron chi connectivity index (χ4n) is 1.35. The van der Waals surface area contributed by atoms with Crippen molar-refractivity contribution < 1.29 is 8.95 Å². The second-order valence-electron chi connectivity index (χ2n) is 3.54. The van der Waals surface area contributed by atoms with Gasteiger partial charge in [0.15, 0.2) is 0 Å². The second kappa shape index (κ2) is 5.88. The van der Waals surface area contributed by atoms with Gasteiger partial charge in [0.2, 0.25) is 0 Å². The molecule has 0 aliphatic heterocycles. The zero-order valence-corrected chi connectivity index (χ0v) is 9.92. The lowest BCUT2D eigenvalue weighted by molar-refractivity contribution is 0.411. The lowest BCUT2D eigenvalue weighted by atomic mass is 10.2. The minimum atomic E-state index is -0.918. The number of para-hydroxylation sites is 1. The van der Waals surface area contributed by atoms with E-state index in [-0.39, 0.29) is 6.04 Å². The summed E-state index contributed by atoms with van der Waals surface area (Å²) in [6.45, 7) is 1.86. The second-order valence-corrected chi connectivity index (χ2v) is 5.04. The molecule has 84 valence electrons. The fourth-order valence-corrected chi connectivity index (χ4v) is 2.64. The molecule has 0 aliphatic carbocycles. The largest absolute Gasteiger partial charge is 0.496 e. The molecule has 0 radical (unpaired) electrons. The van der Waals surface area contributed by atoms with Gasteiger partial charge < -0.3 is 10.5 Å². The maximum Gasteiger partial charge on any atom is 0.122 e. The normalized spacial score (nSPS) is 14.6. The van der Waals surface area contributed by atoms with Crippen molar-refractivity contribution in [3.8, 4) is 5.75 Å². The van der Waals surface area contributed by atoms with E-state index in [9.17, 15) is 4.21 Å². The van der Waals surface area contributed by atoms with Gasteiger partial charge in [0.05, 0.1) is 12.9 Å². The van der Waals surface area contributed by atoms with Crippen LogP contribution in [0.3, 0.4) is 0 Å². The van der Waals surface area contributed by atoms with Crippen molar-refractivity contribution in [1.29, 1.82) is 0 Å². The molecule has 2 atom stereocenters. The minimum Gasteiger partial charge on any atom is -0.496 e. The van der Waals surface area contributed by atoms with Crippen LogP contribution in [-0.4, -0.2) is 23.1 Å². The van der Waals surface area contributed by atoms with Crippen molar-refractivity contribution in [2.24, 2.45) is 5.73 Å². The van der Waals surface area contributed by atoms with Crippen LogP contribution < -0.4 is 10.5 Å². The molecule has 0 saturated heterocycles. The summed E-state index contributed by atoms with van der Waals surface area (Å²) in [5.74, 6) is 1.82. The highest BCUT2D eigenvalue weighted by atomic mass is 32.2. The third kappa shape index (κ3) is 4.01. The van der Waals surface area contributed by atoms with Gasteiger partial charge in [-0.3, -0.25) is 4.21 Å².